The number of amides is 1. The number of pyridine rings is 1. The van der Waals surface area contributed by atoms with Crippen molar-refractivity contribution in [1.82, 2.24) is 4.98 Å². The number of anilines is 1. The van der Waals surface area contributed by atoms with Crippen molar-refractivity contribution in [2.24, 2.45) is 0 Å². The number of benzene rings is 1. The summed E-state index contributed by atoms with van der Waals surface area (Å²) in [6.07, 6.45) is 0.272. The van der Waals surface area contributed by atoms with Gasteiger partial charge in [0.15, 0.2) is 11.9 Å². The predicted molar refractivity (Wildman–Crippen MR) is 105 cm³/mol. The molecule has 0 saturated heterocycles. The lowest BCUT2D eigenvalue weighted by Gasteiger charge is -2.13. The van der Waals surface area contributed by atoms with Gasteiger partial charge in [-0.1, -0.05) is 53.0 Å². The number of aromatic nitrogens is 1. The summed E-state index contributed by atoms with van der Waals surface area (Å²) in [5, 5.41) is 4.08. The topological polar surface area (TPSA) is 68.3 Å². The number of halogens is 3. The van der Waals surface area contributed by atoms with Gasteiger partial charge in [0.05, 0.1) is 15.1 Å². The number of hydrogen-bond acceptors (Lipinski definition) is 5. The summed E-state index contributed by atoms with van der Waals surface area (Å²) in [6, 6.07) is 8.79. The lowest BCUT2D eigenvalue weighted by molar-refractivity contribution is -0.123. The summed E-state index contributed by atoms with van der Waals surface area (Å²) in [5.74, 6) is -1.12. The quantitative estimate of drug-likeness (QED) is 0.561. The molecule has 0 fully saturated rings. The smallest absolute Gasteiger partial charge is 0.350 e. The Bertz CT molecular complexity index is 1010. The molecule has 0 spiro atoms. The highest BCUT2D eigenvalue weighted by atomic mass is 35.5. The highest BCUT2D eigenvalue weighted by Crippen LogP contribution is 2.35. The number of ether oxygens (including phenoxy) is 1. The maximum atomic E-state index is 12.4. The van der Waals surface area contributed by atoms with E-state index in [9.17, 15) is 9.59 Å². The number of hydrogen-bond donors (Lipinski definition) is 1. The van der Waals surface area contributed by atoms with E-state index in [1.165, 1.54) is 30.5 Å². The van der Waals surface area contributed by atoms with Crippen LogP contribution >= 0.6 is 46.1 Å². The first-order valence-corrected chi connectivity index (χ1v) is 9.31. The standard InChI is InChI=1S/C17H11Cl3N2O3S/c1-8(16(23)22-15-11(19)6-9(18)7-21-15)25-17(24)14-13(20)10-4-2-3-5-12(10)26-14/h2-8H,1H3,(H,21,22,23). The van der Waals surface area contributed by atoms with E-state index in [1.54, 1.807) is 0 Å². The summed E-state index contributed by atoms with van der Waals surface area (Å²) in [5.41, 5.74) is 0. The molecule has 0 bridgehead atoms. The van der Waals surface area contributed by atoms with E-state index >= 15 is 0 Å². The van der Waals surface area contributed by atoms with Gasteiger partial charge in [0.2, 0.25) is 0 Å². The fourth-order valence-corrected chi connectivity index (χ4v) is 3.96. The predicted octanol–water partition coefficient (Wildman–Crippen LogP) is 5.44. The van der Waals surface area contributed by atoms with Gasteiger partial charge in [-0.2, -0.15) is 0 Å². The van der Waals surface area contributed by atoms with E-state index in [-0.39, 0.29) is 15.7 Å². The van der Waals surface area contributed by atoms with Crippen LogP contribution in [0.4, 0.5) is 5.82 Å². The van der Waals surface area contributed by atoms with Crippen LogP contribution in [-0.4, -0.2) is 23.0 Å². The molecule has 1 unspecified atom stereocenters. The van der Waals surface area contributed by atoms with Crippen LogP contribution in [0.25, 0.3) is 10.1 Å². The van der Waals surface area contributed by atoms with E-state index in [0.717, 1.165) is 10.1 Å². The largest absolute Gasteiger partial charge is 0.448 e. The van der Waals surface area contributed by atoms with Crippen LogP contribution in [0.2, 0.25) is 15.1 Å². The number of carbonyl (C=O) groups excluding carboxylic acids is 2. The van der Waals surface area contributed by atoms with Crippen molar-refractivity contribution < 1.29 is 14.3 Å². The summed E-state index contributed by atoms with van der Waals surface area (Å²) in [7, 11) is 0. The molecular weight excluding hydrogens is 419 g/mol. The number of fused-ring (bicyclic) bond motifs is 1. The summed E-state index contributed by atoms with van der Waals surface area (Å²) in [4.78, 5) is 28.8. The zero-order valence-electron chi connectivity index (χ0n) is 13.3. The minimum atomic E-state index is -1.07. The monoisotopic (exact) mass is 428 g/mol. The van der Waals surface area contributed by atoms with E-state index in [1.807, 2.05) is 24.3 Å². The van der Waals surface area contributed by atoms with Crippen molar-refractivity contribution in [1.29, 1.82) is 0 Å². The third-order valence-electron chi connectivity index (χ3n) is 3.42. The molecule has 2 heterocycles. The molecule has 0 saturated carbocycles. The SMILES string of the molecule is CC(OC(=O)c1sc2ccccc2c1Cl)C(=O)Nc1ncc(Cl)cc1Cl. The molecule has 0 aliphatic carbocycles. The molecule has 1 amide bonds. The molecule has 3 aromatic rings. The van der Waals surface area contributed by atoms with Gasteiger partial charge in [0.25, 0.3) is 5.91 Å². The zero-order valence-corrected chi connectivity index (χ0v) is 16.3. The molecule has 134 valence electrons. The Morgan fingerprint density at radius 1 is 1.23 bits per heavy atom. The van der Waals surface area contributed by atoms with Gasteiger partial charge < -0.3 is 10.1 Å². The Kier molecular flexibility index (Phi) is 5.67. The number of carbonyl (C=O) groups is 2. The number of esters is 1. The molecule has 1 N–H and O–H groups in total. The highest BCUT2D eigenvalue weighted by molar-refractivity contribution is 7.21. The van der Waals surface area contributed by atoms with Gasteiger partial charge in [-0.25, -0.2) is 9.78 Å². The Morgan fingerprint density at radius 3 is 2.65 bits per heavy atom. The lowest BCUT2D eigenvalue weighted by Crippen LogP contribution is -2.30. The van der Waals surface area contributed by atoms with Crippen LogP contribution in [0.1, 0.15) is 16.6 Å². The van der Waals surface area contributed by atoms with Crippen molar-refractivity contribution in [3.8, 4) is 0 Å². The number of nitrogens with zero attached hydrogens (tertiary/aromatic N) is 1. The molecular formula is C17H11Cl3N2O3S. The molecule has 9 heteroatoms. The molecule has 0 aliphatic heterocycles. The first-order chi connectivity index (χ1) is 12.4. The van der Waals surface area contributed by atoms with Gasteiger partial charge >= 0.3 is 5.97 Å². The first-order valence-electron chi connectivity index (χ1n) is 7.36. The van der Waals surface area contributed by atoms with Crippen molar-refractivity contribution in [2.45, 2.75) is 13.0 Å². The lowest BCUT2D eigenvalue weighted by atomic mass is 10.2. The van der Waals surface area contributed by atoms with Gasteiger partial charge in [-0.3, -0.25) is 4.79 Å². The Labute approximate surface area is 167 Å². The Balaban J connectivity index is 1.71. The normalized spacial score (nSPS) is 12.0. The molecule has 3 rings (SSSR count). The fourth-order valence-electron chi connectivity index (χ4n) is 2.14. The van der Waals surface area contributed by atoms with Crippen LogP contribution in [0.3, 0.4) is 0 Å². The minimum absolute atomic E-state index is 0.129. The molecule has 26 heavy (non-hydrogen) atoms. The van der Waals surface area contributed by atoms with Gasteiger partial charge in [-0.15, -0.1) is 11.3 Å². The van der Waals surface area contributed by atoms with Crippen LogP contribution in [0.15, 0.2) is 36.5 Å². The molecule has 0 aliphatic rings. The first kappa shape index (κ1) is 18.9. The number of thiophene rings is 1. The van der Waals surface area contributed by atoms with E-state index in [0.29, 0.717) is 10.0 Å². The Hall–Kier alpha value is -1.86. The van der Waals surface area contributed by atoms with Crippen molar-refractivity contribution in [3.05, 3.63) is 56.5 Å². The zero-order chi connectivity index (χ0) is 18.8. The van der Waals surface area contributed by atoms with Crippen molar-refractivity contribution >= 4 is 73.9 Å². The number of rotatable bonds is 4. The second-order valence-electron chi connectivity index (χ2n) is 5.26. The summed E-state index contributed by atoms with van der Waals surface area (Å²) >= 11 is 19.2. The van der Waals surface area contributed by atoms with Crippen molar-refractivity contribution in [3.63, 3.8) is 0 Å². The molecule has 0 radical (unpaired) electrons. The molecule has 1 aromatic carbocycles. The number of nitrogens with one attached hydrogen (secondary N) is 1. The van der Waals surface area contributed by atoms with Crippen LogP contribution < -0.4 is 5.32 Å². The van der Waals surface area contributed by atoms with Crippen molar-refractivity contribution in [2.75, 3.05) is 5.32 Å². The van der Waals surface area contributed by atoms with E-state index in [4.69, 9.17) is 39.5 Å². The minimum Gasteiger partial charge on any atom is -0.448 e. The van der Waals surface area contributed by atoms with Crippen LogP contribution in [0, 0.1) is 0 Å². The maximum Gasteiger partial charge on any atom is 0.350 e. The van der Waals surface area contributed by atoms with E-state index in [2.05, 4.69) is 10.3 Å². The van der Waals surface area contributed by atoms with Crippen LogP contribution in [-0.2, 0) is 9.53 Å². The second-order valence-corrected chi connectivity index (χ2v) is 7.54. The van der Waals surface area contributed by atoms with Crippen LogP contribution in [0.5, 0.6) is 0 Å². The second kappa shape index (κ2) is 7.80. The van der Waals surface area contributed by atoms with E-state index < -0.39 is 18.0 Å². The average molecular weight is 430 g/mol. The summed E-state index contributed by atoms with van der Waals surface area (Å²) in [6.45, 7) is 1.44. The molecule has 2 aromatic heterocycles. The molecule has 5 nitrogen and oxygen atoms in total. The Morgan fingerprint density at radius 2 is 1.96 bits per heavy atom. The fraction of sp³-hybridized carbons (Fsp3) is 0.118. The van der Waals surface area contributed by atoms with Gasteiger partial charge in [0, 0.05) is 16.3 Å². The highest BCUT2D eigenvalue weighted by Gasteiger charge is 2.24. The van der Waals surface area contributed by atoms with Gasteiger partial charge in [-0.05, 0) is 19.1 Å². The average Bonchev–Trinajstić information content (AvgIpc) is 2.94. The molecule has 1 atom stereocenters. The maximum absolute atomic E-state index is 12.4. The third-order valence-corrected chi connectivity index (χ3v) is 5.57. The van der Waals surface area contributed by atoms with Gasteiger partial charge in [0.1, 0.15) is 4.88 Å². The third kappa shape index (κ3) is 3.94. The summed E-state index contributed by atoms with van der Waals surface area (Å²) < 4.78 is 6.08.